The zero-order valence-electron chi connectivity index (χ0n) is 14.9. The van der Waals surface area contributed by atoms with Gasteiger partial charge in [0, 0.05) is 11.1 Å². The number of aromatic nitrogens is 4. The van der Waals surface area contributed by atoms with Gasteiger partial charge in [0.15, 0.2) is 0 Å². The highest BCUT2D eigenvalue weighted by Gasteiger charge is 2.12. The van der Waals surface area contributed by atoms with Crippen LogP contribution in [0.1, 0.15) is 22.8 Å². The molecule has 1 aromatic heterocycles. The number of hydrogen-bond donors (Lipinski definition) is 2. The van der Waals surface area contributed by atoms with Crippen molar-refractivity contribution in [3.8, 4) is 17.1 Å². The first kappa shape index (κ1) is 18.5. The number of aryl methyl sites for hydroxylation is 1. The first-order valence-electron chi connectivity index (χ1n) is 8.63. The molecule has 8 heteroatoms. The maximum Gasteiger partial charge on any atom is 0.248 e. The molecule has 0 saturated heterocycles. The van der Waals surface area contributed by atoms with Crippen molar-refractivity contribution in [2.24, 2.45) is 5.73 Å². The summed E-state index contributed by atoms with van der Waals surface area (Å²) in [6, 6.07) is 14.4. The molecule has 0 aliphatic carbocycles. The first-order valence-corrected chi connectivity index (χ1v) is 8.63. The molecule has 0 radical (unpaired) electrons. The van der Waals surface area contributed by atoms with Gasteiger partial charge in [-0.1, -0.05) is 31.2 Å². The Hall–Kier alpha value is -3.26. The largest absolute Gasteiger partial charge is 0.491 e. The Bertz CT molecular complexity index is 890. The Balaban J connectivity index is 1.55. The molecule has 0 saturated carbocycles. The van der Waals surface area contributed by atoms with Crippen LogP contribution in [0.5, 0.6) is 5.75 Å². The minimum absolute atomic E-state index is 0.121. The highest BCUT2D eigenvalue weighted by molar-refractivity contribution is 5.93. The SMILES string of the molecule is CCc1ccc(OC[C@@H](O)Cn2nnc(-c3ccc(C(N)=O)cc3)n2)cc1. The summed E-state index contributed by atoms with van der Waals surface area (Å²) in [5, 5.41) is 22.3. The van der Waals surface area contributed by atoms with Crippen LogP contribution in [-0.2, 0) is 13.0 Å². The van der Waals surface area contributed by atoms with Gasteiger partial charge in [0.1, 0.15) is 18.5 Å². The van der Waals surface area contributed by atoms with Gasteiger partial charge in [-0.2, -0.15) is 4.80 Å². The summed E-state index contributed by atoms with van der Waals surface area (Å²) in [5.41, 5.74) is 7.56. The Kier molecular flexibility index (Phi) is 5.77. The summed E-state index contributed by atoms with van der Waals surface area (Å²) in [4.78, 5) is 12.4. The van der Waals surface area contributed by atoms with Crippen LogP contribution >= 0.6 is 0 Å². The van der Waals surface area contributed by atoms with E-state index in [0.29, 0.717) is 22.7 Å². The molecular formula is C19H21N5O3. The first-order chi connectivity index (χ1) is 13.0. The quantitative estimate of drug-likeness (QED) is 0.622. The summed E-state index contributed by atoms with van der Waals surface area (Å²) in [7, 11) is 0. The predicted molar refractivity (Wildman–Crippen MR) is 99.1 cm³/mol. The number of rotatable bonds is 8. The Morgan fingerprint density at radius 3 is 2.52 bits per heavy atom. The van der Waals surface area contributed by atoms with Crippen molar-refractivity contribution in [1.82, 2.24) is 20.2 Å². The number of amides is 1. The lowest BCUT2D eigenvalue weighted by Gasteiger charge is -2.11. The highest BCUT2D eigenvalue weighted by atomic mass is 16.5. The zero-order chi connectivity index (χ0) is 19.2. The lowest BCUT2D eigenvalue weighted by atomic mass is 10.1. The van der Waals surface area contributed by atoms with Crippen LogP contribution in [0.4, 0.5) is 0 Å². The second-order valence-electron chi connectivity index (χ2n) is 6.07. The maximum atomic E-state index is 11.1. The molecule has 0 spiro atoms. The average molecular weight is 367 g/mol. The Morgan fingerprint density at radius 1 is 1.19 bits per heavy atom. The predicted octanol–water partition coefficient (Wildman–Crippen LogP) is 1.44. The van der Waals surface area contributed by atoms with Gasteiger partial charge in [0.25, 0.3) is 0 Å². The number of carbonyl (C=O) groups excluding carboxylic acids is 1. The second-order valence-corrected chi connectivity index (χ2v) is 6.07. The van der Waals surface area contributed by atoms with E-state index in [9.17, 15) is 9.90 Å². The molecule has 0 aliphatic heterocycles. The van der Waals surface area contributed by atoms with Crippen LogP contribution < -0.4 is 10.5 Å². The van der Waals surface area contributed by atoms with Gasteiger partial charge in [-0.15, -0.1) is 10.2 Å². The fourth-order valence-corrected chi connectivity index (χ4v) is 2.47. The third kappa shape index (κ3) is 4.89. The number of nitrogens with two attached hydrogens (primary N) is 1. The number of carbonyl (C=O) groups is 1. The van der Waals surface area contributed by atoms with E-state index in [2.05, 4.69) is 22.3 Å². The number of primary amides is 1. The lowest BCUT2D eigenvalue weighted by Crippen LogP contribution is -2.25. The van der Waals surface area contributed by atoms with E-state index in [1.807, 2.05) is 24.3 Å². The summed E-state index contributed by atoms with van der Waals surface area (Å²) >= 11 is 0. The van der Waals surface area contributed by atoms with E-state index in [0.717, 1.165) is 6.42 Å². The van der Waals surface area contributed by atoms with Crippen LogP contribution in [0.15, 0.2) is 48.5 Å². The van der Waals surface area contributed by atoms with E-state index >= 15 is 0 Å². The van der Waals surface area contributed by atoms with E-state index < -0.39 is 12.0 Å². The smallest absolute Gasteiger partial charge is 0.248 e. The fourth-order valence-electron chi connectivity index (χ4n) is 2.47. The Morgan fingerprint density at radius 2 is 1.89 bits per heavy atom. The zero-order valence-corrected chi connectivity index (χ0v) is 14.9. The minimum atomic E-state index is -0.782. The van der Waals surface area contributed by atoms with Crippen molar-refractivity contribution in [1.29, 1.82) is 0 Å². The molecule has 1 heterocycles. The van der Waals surface area contributed by atoms with E-state index in [1.165, 1.54) is 10.4 Å². The molecule has 0 bridgehead atoms. The van der Waals surface area contributed by atoms with Crippen LogP contribution in [0.2, 0.25) is 0 Å². The van der Waals surface area contributed by atoms with Crippen molar-refractivity contribution in [3.63, 3.8) is 0 Å². The third-order valence-corrected chi connectivity index (χ3v) is 4.03. The van der Waals surface area contributed by atoms with Crippen molar-refractivity contribution >= 4 is 5.91 Å². The van der Waals surface area contributed by atoms with Gasteiger partial charge >= 0.3 is 0 Å². The van der Waals surface area contributed by atoms with E-state index in [1.54, 1.807) is 24.3 Å². The number of aliphatic hydroxyl groups is 1. The number of benzene rings is 2. The number of tetrazole rings is 1. The molecular weight excluding hydrogens is 346 g/mol. The summed E-state index contributed by atoms with van der Waals surface area (Å²) in [6.45, 7) is 2.36. The van der Waals surface area contributed by atoms with Gasteiger partial charge in [-0.3, -0.25) is 4.79 Å². The van der Waals surface area contributed by atoms with Crippen molar-refractivity contribution < 1.29 is 14.6 Å². The van der Waals surface area contributed by atoms with E-state index in [-0.39, 0.29) is 13.2 Å². The van der Waals surface area contributed by atoms with Gasteiger partial charge in [0.05, 0.1) is 6.54 Å². The average Bonchev–Trinajstić information content (AvgIpc) is 3.15. The number of hydrogen-bond acceptors (Lipinski definition) is 6. The molecule has 8 nitrogen and oxygen atoms in total. The number of aliphatic hydroxyl groups excluding tert-OH is 1. The molecule has 1 amide bonds. The molecule has 3 rings (SSSR count). The fraction of sp³-hybridized carbons (Fsp3) is 0.263. The minimum Gasteiger partial charge on any atom is -0.491 e. The Labute approximate surface area is 156 Å². The van der Waals surface area contributed by atoms with Crippen LogP contribution in [0.3, 0.4) is 0 Å². The van der Waals surface area contributed by atoms with Gasteiger partial charge in [-0.25, -0.2) is 0 Å². The number of nitrogens with zero attached hydrogens (tertiary/aromatic N) is 4. The summed E-state index contributed by atoms with van der Waals surface area (Å²) in [6.07, 6.45) is 0.184. The van der Waals surface area contributed by atoms with E-state index in [4.69, 9.17) is 10.5 Å². The van der Waals surface area contributed by atoms with Crippen molar-refractivity contribution in [2.45, 2.75) is 26.0 Å². The van der Waals surface area contributed by atoms with Crippen molar-refractivity contribution in [2.75, 3.05) is 6.61 Å². The van der Waals surface area contributed by atoms with Crippen LogP contribution in [-0.4, -0.2) is 43.9 Å². The monoisotopic (exact) mass is 367 g/mol. The van der Waals surface area contributed by atoms with Gasteiger partial charge < -0.3 is 15.6 Å². The van der Waals surface area contributed by atoms with Crippen LogP contribution in [0.25, 0.3) is 11.4 Å². The third-order valence-electron chi connectivity index (χ3n) is 4.03. The highest BCUT2D eigenvalue weighted by Crippen LogP contribution is 2.15. The molecule has 0 aliphatic rings. The van der Waals surface area contributed by atoms with Gasteiger partial charge in [-0.05, 0) is 41.5 Å². The molecule has 3 aromatic rings. The lowest BCUT2D eigenvalue weighted by molar-refractivity contribution is 0.0850. The molecule has 0 fully saturated rings. The molecule has 2 aromatic carbocycles. The molecule has 3 N–H and O–H groups in total. The molecule has 1 atom stereocenters. The molecule has 0 unspecified atom stereocenters. The summed E-state index contributed by atoms with van der Waals surface area (Å²) < 4.78 is 5.58. The maximum absolute atomic E-state index is 11.1. The second kappa shape index (κ2) is 8.41. The molecule has 27 heavy (non-hydrogen) atoms. The molecule has 140 valence electrons. The van der Waals surface area contributed by atoms with Gasteiger partial charge in [0.2, 0.25) is 11.7 Å². The normalized spacial score (nSPS) is 11.9. The van der Waals surface area contributed by atoms with Crippen molar-refractivity contribution in [3.05, 3.63) is 59.7 Å². The van der Waals surface area contributed by atoms with Crippen LogP contribution in [0, 0.1) is 0 Å². The standard InChI is InChI=1S/C19H21N5O3/c1-2-13-3-9-17(10-4-13)27-12-16(25)11-24-22-19(21-23-24)15-7-5-14(6-8-15)18(20)26/h3-10,16,25H,2,11-12H2,1H3,(H2,20,26)/t16-/m0/s1. The summed E-state index contributed by atoms with van der Waals surface area (Å²) in [5.74, 6) is 0.605. The number of ether oxygens (including phenoxy) is 1. The topological polar surface area (TPSA) is 116 Å².